The molecule has 1 aliphatic heterocycles. The lowest BCUT2D eigenvalue weighted by molar-refractivity contribution is -0.141. The number of hydrogen-bond acceptors (Lipinski definition) is 7. The summed E-state index contributed by atoms with van der Waals surface area (Å²) < 4.78 is 5.26. The Morgan fingerprint density at radius 1 is 1.02 bits per heavy atom. The number of hydrogen-bond donors (Lipinski definition) is 4. The number of aromatic amines is 1. The first-order chi connectivity index (χ1) is 22.8. The number of amides is 3. The van der Waals surface area contributed by atoms with Gasteiger partial charge in [-0.3, -0.25) is 14.4 Å². The maximum atomic E-state index is 13.9. The molecule has 12 heteroatoms. The van der Waals surface area contributed by atoms with Crippen LogP contribution < -0.4 is 10.6 Å². The minimum atomic E-state index is -1.07. The van der Waals surface area contributed by atoms with E-state index >= 15 is 0 Å². The lowest BCUT2D eigenvalue weighted by atomic mass is 10.1. The van der Waals surface area contributed by atoms with Gasteiger partial charge >= 0.3 is 12.1 Å². The minimum absolute atomic E-state index is 0.170. The molecular weight excluding hydrogens is 600 g/mol. The van der Waals surface area contributed by atoms with Crippen molar-refractivity contribution in [2.45, 2.75) is 57.8 Å². The van der Waals surface area contributed by atoms with E-state index in [2.05, 4.69) is 20.6 Å². The van der Waals surface area contributed by atoms with Crippen molar-refractivity contribution < 1.29 is 29.0 Å². The summed E-state index contributed by atoms with van der Waals surface area (Å²) in [5.74, 6) is -0.881. The minimum Gasteiger partial charge on any atom is -0.481 e. The van der Waals surface area contributed by atoms with Crippen LogP contribution in [0.1, 0.15) is 59.4 Å². The molecule has 0 aliphatic carbocycles. The SMILES string of the molecule is CN1Cc2cc(C(=O)N(CCCCCCNC(=O)OCc3ccccc3)Cc3nc4ccccc4[nH]3)ccc2NC(CC(=O)O)C1=O. The highest BCUT2D eigenvalue weighted by Gasteiger charge is 2.29. The van der Waals surface area contributed by atoms with Gasteiger partial charge in [-0.15, -0.1) is 0 Å². The van der Waals surface area contributed by atoms with Crippen molar-refractivity contribution in [2.75, 3.05) is 25.5 Å². The molecule has 4 N–H and O–H groups in total. The number of imidazole rings is 1. The molecule has 1 atom stereocenters. The van der Waals surface area contributed by atoms with Crippen molar-refractivity contribution in [3.63, 3.8) is 0 Å². The van der Waals surface area contributed by atoms with Crippen molar-refractivity contribution in [3.8, 4) is 0 Å². The molecule has 1 unspecified atom stereocenters. The van der Waals surface area contributed by atoms with Gasteiger partial charge in [0.25, 0.3) is 5.91 Å². The van der Waals surface area contributed by atoms with Gasteiger partial charge in [0.05, 0.1) is 24.0 Å². The number of unbranched alkanes of at least 4 members (excludes halogenated alkanes) is 3. The summed E-state index contributed by atoms with van der Waals surface area (Å²) in [5, 5.41) is 15.1. The Balaban J connectivity index is 1.19. The number of rotatable bonds is 14. The predicted octanol–water partition coefficient (Wildman–Crippen LogP) is 4.92. The molecule has 0 spiro atoms. The number of carboxylic acid groups (broad SMARTS) is 1. The van der Waals surface area contributed by atoms with E-state index in [0.29, 0.717) is 30.2 Å². The van der Waals surface area contributed by atoms with E-state index in [-0.39, 0.29) is 37.9 Å². The molecule has 0 saturated carbocycles. The fourth-order valence-corrected chi connectivity index (χ4v) is 5.60. The zero-order valence-corrected chi connectivity index (χ0v) is 26.4. The lowest BCUT2D eigenvalue weighted by Crippen LogP contribution is -2.39. The number of anilines is 1. The third-order valence-corrected chi connectivity index (χ3v) is 8.05. The number of nitrogens with one attached hydrogen (secondary N) is 3. The molecule has 0 radical (unpaired) electrons. The average Bonchev–Trinajstić information content (AvgIpc) is 3.44. The number of benzene rings is 3. The van der Waals surface area contributed by atoms with Crippen LogP contribution in [-0.2, 0) is 34.0 Å². The summed E-state index contributed by atoms with van der Waals surface area (Å²) in [5.41, 5.74) is 4.48. The second-order valence-electron chi connectivity index (χ2n) is 11.7. The third kappa shape index (κ3) is 9.09. The van der Waals surface area contributed by atoms with Gasteiger partial charge in [0, 0.05) is 37.9 Å². The molecule has 1 aliphatic rings. The van der Waals surface area contributed by atoms with Crippen LogP contribution in [0.4, 0.5) is 10.5 Å². The Kier molecular flexibility index (Phi) is 11.1. The number of carboxylic acids is 1. The van der Waals surface area contributed by atoms with Crippen LogP contribution in [0.25, 0.3) is 11.0 Å². The number of alkyl carbamates (subject to hydrolysis) is 1. The van der Waals surface area contributed by atoms with E-state index in [4.69, 9.17) is 4.74 Å². The fourth-order valence-electron chi connectivity index (χ4n) is 5.60. The third-order valence-electron chi connectivity index (χ3n) is 8.05. The molecular formula is C35H40N6O6. The van der Waals surface area contributed by atoms with E-state index in [1.807, 2.05) is 54.6 Å². The molecule has 12 nitrogen and oxygen atoms in total. The Labute approximate surface area is 273 Å². The van der Waals surface area contributed by atoms with Gasteiger partial charge in [0.2, 0.25) is 5.91 Å². The van der Waals surface area contributed by atoms with Gasteiger partial charge in [0.1, 0.15) is 18.5 Å². The summed E-state index contributed by atoms with van der Waals surface area (Å²) in [6.45, 7) is 1.76. The zero-order chi connectivity index (χ0) is 33.2. The Morgan fingerprint density at radius 2 is 1.79 bits per heavy atom. The van der Waals surface area contributed by atoms with Gasteiger partial charge < -0.3 is 35.3 Å². The maximum absolute atomic E-state index is 13.9. The molecule has 47 heavy (non-hydrogen) atoms. The van der Waals surface area contributed by atoms with Crippen LogP contribution >= 0.6 is 0 Å². The number of carbonyl (C=O) groups excluding carboxylic acids is 3. The van der Waals surface area contributed by atoms with Crippen molar-refractivity contribution in [3.05, 3.63) is 95.3 Å². The number of aromatic nitrogens is 2. The van der Waals surface area contributed by atoms with Gasteiger partial charge in [-0.25, -0.2) is 9.78 Å². The number of nitrogens with zero attached hydrogens (tertiary/aromatic N) is 3. The van der Waals surface area contributed by atoms with Gasteiger partial charge in [0.15, 0.2) is 0 Å². The van der Waals surface area contributed by atoms with E-state index < -0.39 is 18.1 Å². The average molecular weight is 641 g/mol. The van der Waals surface area contributed by atoms with Crippen molar-refractivity contribution in [2.24, 2.45) is 0 Å². The number of carbonyl (C=O) groups is 4. The quantitative estimate of drug-likeness (QED) is 0.142. The molecule has 3 aromatic carbocycles. The van der Waals surface area contributed by atoms with Crippen LogP contribution in [0.5, 0.6) is 0 Å². The first-order valence-electron chi connectivity index (χ1n) is 15.8. The Morgan fingerprint density at radius 3 is 2.57 bits per heavy atom. The first-order valence-corrected chi connectivity index (χ1v) is 15.8. The molecule has 5 rings (SSSR count). The molecule has 246 valence electrons. The maximum Gasteiger partial charge on any atom is 0.407 e. The molecule has 1 aromatic heterocycles. The Hall–Kier alpha value is -5.39. The van der Waals surface area contributed by atoms with E-state index in [9.17, 15) is 24.3 Å². The summed E-state index contributed by atoms with van der Waals surface area (Å²) in [6.07, 6.45) is 2.48. The highest BCUT2D eigenvalue weighted by molar-refractivity contribution is 5.96. The van der Waals surface area contributed by atoms with Crippen LogP contribution in [0, 0.1) is 0 Å². The van der Waals surface area contributed by atoms with Crippen molar-refractivity contribution in [1.29, 1.82) is 0 Å². The molecule has 0 bridgehead atoms. The molecule has 3 amide bonds. The molecule has 0 fully saturated rings. The number of likely N-dealkylation sites (N-methyl/N-ethyl adjacent to an activating group) is 1. The summed E-state index contributed by atoms with van der Waals surface area (Å²) >= 11 is 0. The summed E-state index contributed by atoms with van der Waals surface area (Å²) in [4.78, 5) is 61.3. The smallest absolute Gasteiger partial charge is 0.407 e. The largest absolute Gasteiger partial charge is 0.481 e. The van der Waals surface area contributed by atoms with Crippen molar-refractivity contribution in [1.82, 2.24) is 25.1 Å². The number of aliphatic carboxylic acids is 1. The Bertz CT molecular complexity index is 1670. The van der Waals surface area contributed by atoms with Crippen LogP contribution in [0.15, 0.2) is 72.8 Å². The van der Waals surface area contributed by atoms with Gasteiger partial charge in [-0.05, 0) is 54.3 Å². The first kappa shape index (κ1) is 33.0. The van der Waals surface area contributed by atoms with Crippen LogP contribution in [-0.4, -0.2) is 74.9 Å². The zero-order valence-electron chi connectivity index (χ0n) is 26.4. The fraction of sp³-hybridized carbons (Fsp3) is 0.343. The van der Waals surface area contributed by atoms with Gasteiger partial charge in [-0.1, -0.05) is 55.3 Å². The van der Waals surface area contributed by atoms with Crippen molar-refractivity contribution >= 4 is 40.6 Å². The van der Waals surface area contributed by atoms with E-state index in [1.165, 1.54) is 4.90 Å². The molecule has 4 aromatic rings. The highest BCUT2D eigenvalue weighted by atomic mass is 16.5. The summed E-state index contributed by atoms with van der Waals surface area (Å²) in [7, 11) is 1.62. The lowest BCUT2D eigenvalue weighted by Gasteiger charge is -2.23. The number of para-hydroxylation sites is 2. The van der Waals surface area contributed by atoms with E-state index in [0.717, 1.165) is 47.8 Å². The standard InChI is InChI=1S/C35H40N6O6/c1-40-21-26-19-25(15-16-27(26)37-30(34(40)45)20-32(42)43)33(44)41(22-31-38-28-13-7-8-14-29(28)39-31)18-10-3-2-9-17-36-35(46)47-23-24-11-5-4-6-12-24/h4-8,11-16,19,30,37H,2-3,9-10,17-18,20-23H2,1H3,(H,36,46)(H,38,39)(H,42,43). The van der Waals surface area contributed by atoms with Gasteiger partial charge in [-0.2, -0.15) is 0 Å². The molecule has 0 saturated heterocycles. The second-order valence-corrected chi connectivity index (χ2v) is 11.7. The van der Waals surface area contributed by atoms with Crippen LogP contribution in [0.2, 0.25) is 0 Å². The number of H-pyrrole nitrogens is 1. The normalized spacial score (nSPS) is 14.2. The number of fused-ring (bicyclic) bond motifs is 2. The van der Waals surface area contributed by atoms with Crippen LogP contribution in [0.3, 0.4) is 0 Å². The second kappa shape index (κ2) is 15.7. The molecule has 2 heterocycles. The topological polar surface area (TPSA) is 157 Å². The predicted molar refractivity (Wildman–Crippen MR) is 177 cm³/mol. The highest BCUT2D eigenvalue weighted by Crippen LogP contribution is 2.26. The van der Waals surface area contributed by atoms with E-state index in [1.54, 1.807) is 30.1 Å². The summed E-state index contributed by atoms with van der Waals surface area (Å²) in [6, 6.07) is 21.5. The monoisotopic (exact) mass is 640 g/mol. The number of ether oxygens (including phenoxy) is 1.